The summed E-state index contributed by atoms with van der Waals surface area (Å²) in [4.78, 5) is 12.1. The van der Waals surface area contributed by atoms with E-state index < -0.39 is 0 Å². The molecular weight excluding hydrogens is 262 g/mol. The van der Waals surface area contributed by atoms with Crippen LogP contribution in [0.25, 0.3) is 6.08 Å². The van der Waals surface area contributed by atoms with Crippen molar-refractivity contribution >= 4 is 12.0 Å². The number of amides is 1. The van der Waals surface area contributed by atoms with Crippen molar-refractivity contribution in [3.05, 3.63) is 59.9 Å². The second-order valence-electron chi connectivity index (χ2n) is 5.52. The predicted molar refractivity (Wildman–Crippen MR) is 82.3 cm³/mol. The zero-order valence-corrected chi connectivity index (χ0v) is 12.1. The maximum absolute atomic E-state index is 12.1. The molecule has 1 aromatic heterocycles. The molecule has 4 heteroatoms. The lowest BCUT2D eigenvalue weighted by atomic mass is 10.0. The van der Waals surface area contributed by atoms with Gasteiger partial charge in [-0.3, -0.25) is 9.48 Å². The van der Waals surface area contributed by atoms with Gasteiger partial charge in [0.15, 0.2) is 0 Å². The average Bonchev–Trinajstić information content (AvgIpc) is 3.26. The maximum Gasteiger partial charge on any atom is 0.244 e. The third kappa shape index (κ3) is 3.60. The molecule has 0 aliphatic heterocycles. The molecule has 1 amide bonds. The standard InChI is InChI=1S/C17H19N3O/c1-20-12-13(11-18-20)7-10-16(21)19-17(15-8-9-15)14-5-3-2-4-6-14/h2-7,10-12,15,17H,8-9H2,1H3,(H,19,21)/b10-7+/t17-/m1/s1. The van der Waals surface area contributed by atoms with E-state index in [9.17, 15) is 4.79 Å². The van der Waals surface area contributed by atoms with Crippen molar-refractivity contribution in [3.63, 3.8) is 0 Å². The van der Waals surface area contributed by atoms with E-state index >= 15 is 0 Å². The summed E-state index contributed by atoms with van der Waals surface area (Å²) in [6, 6.07) is 10.3. The smallest absolute Gasteiger partial charge is 0.244 e. The van der Waals surface area contributed by atoms with Crippen molar-refractivity contribution < 1.29 is 4.79 Å². The summed E-state index contributed by atoms with van der Waals surface area (Å²) in [6.45, 7) is 0. The highest BCUT2D eigenvalue weighted by atomic mass is 16.1. The number of rotatable bonds is 5. The lowest BCUT2D eigenvalue weighted by Gasteiger charge is -2.17. The minimum Gasteiger partial charge on any atom is -0.345 e. The van der Waals surface area contributed by atoms with Crippen molar-refractivity contribution in [2.24, 2.45) is 13.0 Å². The van der Waals surface area contributed by atoms with Gasteiger partial charge in [0.1, 0.15) is 0 Å². The van der Waals surface area contributed by atoms with Crippen LogP contribution < -0.4 is 5.32 Å². The molecule has 1 aliphatic carbocycles. The third-order valence-electron chi connectivity index (χ3n) is 3.70. The van der Waals surface area contributed by atoms with Crippen molar-refractivity contribution in [1.29, 1.82) is 0 Å². The Kier molecular flexibility index (Phi) is 3.86. The molecule has 1 aromatic carbocycles. The van der Waals surface area contributed by atoms with E-state index in [0.717, 1.165) is 5.56 Å². The average molecular weight is 281 g/mol. The van der Waals surface area contributed by atoms with Gasteiger partial charge in [0.25, 0.3) is 0 Å². The third-order valence-corrected chi connectivity index (χ3v) is 3.70. The van der Waals surface area contributed by atoms with E-state index in [1.165, 1.54) is 18.4 Å². The summed E-state index contributed by atoms with van der Waals surface area (Å²) in [5.41, 5.74) is 2.11. The van der Waals surface area contributed by atoms with Crippen LogP contribution in [0, 0.1) is 5.92 Å². The molecule has 1 aliphatic rings. The highest BCUT2D eigenvalue weighted by Gasteiger charge is 2.32. The summed E-state index contributed by atoms with van der Waals surface area (Å²) >= 11 is 0. The molecule has 0 unspecified atom stereocenters. The molecule has 108 valence electrons. The molecule has 1 atom stereocenters. The first-order valence-corrected chi connectivity index (χ1v) is 7.24. The zero-order chi connectivity index (χ0) is 14.7. The number of benzene rings is 1. The van der Waals surface area contributed by atoms with Gasteiger partial charge in [-0.05, 0) is 30.4 Å². The van der Waals surface area contributed by atoms with Crippen LogP contribution in [0.1, 0.15) is 30.0 Å². The van der Waals surface area contributed by atoms with Gasteiger partial charge in [0.05, 0.1) is 12.2 Å². The molecule has 0 radical (unpaired) electrons. The molecule has 2 aromatic rings. The second-order valence-corrected chi connectivity index (χ2v) is 5.52. The fraction of sp³-hybridized carbons (Fsp3) is 0.294. The highest BCUT2D eigenvalue weighted by molar-refractivity contribution is 5.91. The minimum atomic E-state index is -0.0559. The fourth-order valence-corrected chi connectivity index (χ4v) is 2.46. The molecule has 4 nitrogen and oxygen atoms in total. The Morgan fingerprint density at radius 2 is 2.14 bits per heavy atom. The summed E-state index contributed by atoms with van der Waals surface area (Å²) in [5, 5.41) is 7.19. The van der Waals surface area contributed by atoms with Crippen LogP contribution in [0.3, 0.4) is 0 Å². The number of nitrogens with zero attached hydrogens (tertiary/aromatic N) is 2. The molecule has 0 spiro atoms. The SMILES string of the molecule is Cn1cc(/C=C/C(=O)N[C@H](c2ccccc2)C2CC2)cn1. The summed E-state index contributed by atoms with van der Waals surface area (Å²) < 4.78 is 1.72. The Hall–Kier alpha value is -2.36. The molecule has 1 N–H and O–H groups in total. The van der Waals surface area contributed by atoms with Crippen molar-refractivity contribution in [1.82, 2.24) is 15.1 Å². The summed E-state index contributed by atoms with van der Waals surface area (Å²) in [5.74, 6) is 0.516. The Bertz CT molecular complexity index is 641. The molecule has 21 heavy (non-hydrogen) atoms. The van der Waals surface area contributed by atoms with Crippen LogP contribution in [0.2, 0.25) is 0 Å². The van der Waals surface area contributed by atoms with E-state index in [1.54, 1.807) is 23.0 Å². The number of aryl methyl sites for hydroxylation is 1. The van der Waals surface area contributed by atoms with Crippen LogP contribution >= 0.6 is 0 Å². The van der Waals surface area contributed by atoms with Gasteiger partial charge in [0.2, 0.25) is 5.91 Å². The van der Waals surface area contributed by atoms with Gasteiger partial charge in [-0.2, -0.15) is 5.10 Å². The minimum absolute atomic E-state index is 0.0559. The lowest BCUT2D eigenvalue weighted by Crippen LogP contribution is -2.28. The molecular formula is C17H19N3O. The van der Waals surface area contributed by atoms with Crippen LogP contribution in [0.4, 0.5) is 0 Å². The first kappa shape index (κ1) is 13.6. The first-order chi connectivity index (χ1) is 10.2. The van der Waals surface area contributed by atoms with Gasteiger partial charge < -0.3 is 5.32 Å². The second kappa shape index (κ2) is 5.95. The number of aromatic nitrogens is 2. The van der Waals surface area contributed by atoms with Crippen molar-refractivity contribution in [3.8, 4) is 0 Å². The first-order valence-electron chi connectivity index (χ1n) is 7.24. The van der Waals surface area contributed by atoms with Gasteiger partial charge in [-0.15, -0.1) is 0 Å². The largest absolute Gasteiger partial charge is 0.345 e. The summed E-state index contributed by atoms with van der Waals surface area (Å²) in [6.07, 6.45) is 9.35. The van der Waals surface area contributed by atoms with Gasteiger partial charge in [-0.25, -0.2) is 0 Å². The Morgan fingerprint density at radius 1 is 1.38 bits per heavy atom. The number of nitrogens with one attached hydrogen (secondary N) is 1. The Balaban J connectivity index is 1.66. The van der Waals surface area contributed by atoms with Crippen LogP contribution in [0.15, 0.2) is 48.8 Å². The monoisotopic (exact) mass is 281 g/mol. The number of hydrogen-bond donors (Lipinski definition) is 1. The summed E-state index contributed by atoms with van der Waals surface area (Å²) in [7, 11) is 1.86. The van der Waals surface area contributed by atoms with E-state index in [2.05, 4.69) is 22.5 Å². The van der Waals surface area contributed by atoms with Gasteiger partial charge >= 0.3 is 0 Å². The predicted octanol–water partition coefficient (Wildman–Crippen LogP) is 2.70. The molecule has 3 rings (SSSR count). The van der Waals surface area contributed by atoms with E-state index in [1.807, 2.05) is 31.4 Å². The Morgan fingerprint density at radius 3 is 2.76 bits per heavy atom. The maximum atomic E-state index is 12.1. The number of carbonyl (C=O) groups excluding carboxylic acids is 1. The van der Waals surface area contributed by atoms with Crippen LogP contribution in [-0.2, 0) is 11.8 Å². The normalized spacial score (nSPS) is 16.0. The Labute approximate surface area is 124 Å². The number of hydrogen-bond acceptors (Lipinski definition) is 2. The van der Waals surface area contributed by atoms with Crippen molar-refractivity contribution in [2.45, 2.75) is 18.9 Å². The lowest BCUT2D eigenvalue weighted by molar-refractivity contribution is -0.117. The topological polar surface area (TPSA) is 46.9 Å². The zero-order valence-electron chi connectivity index (χ0n) is 12.1. The molecule has 1 fully saturated rings. The molecule has 1 saturated carbocycles. The molecule has 0 bridgehead atoms. The van der Waals surface area contributed by atoms with Gasteiger partial charge in [-0.1, -0.05) is 30.3 Å². The quantitative estimate of drug-likeness (QED) is 0.857. The number of carbonyl (C=O) groups is 1. The van der Waals surface area contributed by atoms with Crippen LogP contribution in [-0.4, -0.2) is 15.7 Å². The van der Waals surface area contributed by atoms with Crippen LogP contribution in [0.5, 0.6) is 0 Å². The van der Waals surface area contributed by atoms with Crippen molar-refractivity contribution in [2.75, 3.05) is 0 Å². The highest BCUT2D eigenvalue weighted by Crippen LogP contribution is 2.40. The molecule has 1 heterocycles. The van der Waals surface area contributed by atoms with E-state index in [4.69, 9.17) is 0 Å². The van der Waals surface area contributed by atoms with E-state index in [0.29, 0.717) is 5.92 Å². The molecule has 0 saturated heterocycles. The fourth-order valence-electron chi connectivity index (χ4n) is 2.46. The van der Waals surface area contributed by atoms with Gasteiger partial charge in [0, 0.05) is 24.9 Å². The van der Waals surface area contributed by atoms with E-state index in [-0.39, 0.29) is 11.9 Å².